The van der Waals surface area contributed by atoms with Gasteiger partial charge in [-0.1, -0.05) is 24.3 Å². The molecule has 0 N–H and O–H groups in total. The number of hydrogen-bond acceptors (Lipinski definition) is 10. The predicted octanol–water partition coefficient (Wildman–Crippen LogP) is 2.88. The molecule has 0 bridgehead atoms. The Labute approximate surface area is 240 Å². The SMILES string of the molecule is CCOc1ccccc1OCC1CN(C(=O)OBOC(=O)N2CCOC(COc3ccccc3OCC)C2)CCO1. The second-order valence-electron chi connectivity index (χ2n) is 9.20. The first-order valence-electron chi connectivity index (χ1n) is 13.8. The van der Waals surface area contributed by atoms with E-state index >= 15 is 0 Å². The highest BCUT2D eigenvalue weighted by Gasteiger charge is 2.29. The zero-order chi connectivity index (χ0) is 28.9. The van der Waals surface area contributed by atoms with Crippen LogP contribution in [-0.2, 0) is 18.8 Å². The number of nitrogens with zero attached hydrogens (tertiary/aromatic N) is 2. The van der Waals surface area contributed by atoms with E-state index in [1.54, 1.807) is 0 Å². The fraction of sp³-hybridized carbons (Fsp3) is 0.500. The quantitative estimate of drug-likeness (QED) is 0.352. The topological polar surface area (TPSA) is 114 Å². The average molecular weight is 572 g/mol. The fourth-order valence-corrected chi connectivity index (χ4v) is 4.34. The molecule has 41 heavy (non-hydrogen) atoms. The molecular formula is C28H37BN2O10. The van der Waals surface area contributed by atoms with Crippen molar-refractivity contribution in [2.45, 2.75) is 26.1 Å². The van der Waals surface area contributed by atoms with E-state index in [9.17, 15) is 9.59 Å². The molecule has 2 atom stereocenters. The second-order valence-corrected chi connectivity index (χ2v) is 9.20. The van der Waals surface area contributed by atoms with Crippen LogP contribution in [0, 0.1) is 0 Å². The summed E-state index contributed by atoms with van der Waals surface area (Å²) in [4.78, 5) is 28.2. The van der Waals surface area contributed by atoms with Crippen molar-refractivity contribution >= 4 is 19.9 Å². The zero-order valence-electron chi connectivity index (χ0n) is 23.5. The fourth-order valence-electron chi connectivity index (χ4n) is 4.34. The van der Waals surface area contributed by atoms with Crippen molar-refractivity contribution in [2.75, 3.05) is 65.8 Å². The molecule has 2 amide bonds. The Morgan fingerprint density at radius 2 is 1.10 bits per heavy atom. The van der Waals surface area contributed by atoms with E-state index in [4.69, 9.17) is 37.7 Å². The molecule has 2 unspecified atom stereocenters. The molecule has 2 heterocycles. The lowest BCUT2D eigenvalue weighted by Gasteiger charge is -2.33. The summed E-state index contributed by atoms with van der Waals surface area (Å²) in [5.74, 6) is 2.51. The van der Waals surface area contributed by atoms with Crippen LogP contribution in [0.3, 0.4) is 0 Å². The van der Waals surface area contributed by atoms with E-state index in [1.807, 2.05) is 62.4 Å². The predicted molar refractivity (Wildman–Crippen MR) is 149 cm³/mol. The molecule has 2 aromatic carbocycles. The van der Waals surface area contributed by atoms with Crippen LogP contribution in [0.15, 0.2) is 48.5 Å². The number of amides is 2. The summed E-state index contributed by atoms with van der Waals surface area (Å²) in [6.45, 7) is 7.27. The molecule has 4 rings (SSSR count). The first-order chi connectivity index (χ1) is 20.1. The van der Waals surface area contributed by atoms with Gasteiger partial charge in [0.05, 0.1) is 39.5 Å². The average Bonchev–Trinajstić information content (AvgIpc) is 3.00. The van der Waals surface area contributed by atoms with Gasteiger partial charge >= 0.3 is 19.9 Å². The molecule has 2 aliphatic rings. The zero-order valence-corrected chi connectivity index (χ0v) is 23.5. The molecule has 2 aromatic rings. The van der Waals surface area contributed by atoms with Crippen molar-refractivity contribution in [1.29, 1.82) is 0 Å². The third kappa shape index (κ3) is 9.09. The molecule has 2 aliphatic heterocycles. The van der Waals surface area contributed by atoms with E-state index in [0.717, 1.165) is 0 Å². The van der Waals surface area contributed by atoms with Crippen molar-refractivity contribution in [3.8, 4) is 23.0 Å². The number of para-hydroxylation sites is 4. The summed E-state index contributed by atoms with van der Waals surface area (Å²) >= 11 is 0. The van der Waals surface area contributed by atoms with Gasteiger partial charge < -0.3 is 47.5 Å². The summed E-state index contributed by atoms with van der Waals surface area (Å²) in [6, 6.07) is 14.8. The number of carbonyl (C=O) groups excluding carboxylic acids is 2. The van der Waals surface area contributed by atoms with Crippen LogP contribution in [-0.4, -0.2) is 108 Å². The number of benzene rings is 2. The second kappa shape index (κ2) is 15.8. The van der Waals surface area contributed by atoms with Gasteiger partial charge in [0, 0.05) is 13.1 Å². The van der Waals surface area contributed by atoms with E-state index < -0.39 is 19.9 Å². The minimum atomic E-state index is -0.595. The summed E-state index contributed by atoms with van der Waals surface area (Å²) in [6.07, 6.45) is -1.88. The molecule has 222 valence electrons. The van der Waals surface area contributed by atoms with Crippen molar-refractivity contribution in [1.82, 2.24) is 9.80 Å². The van der Waals surface area contributed by atoms with Crippen molar-refractivity contribution < 1.29 is 47.3 Å². The first-order valence-corrected chi connectivity index (χ1v) is 13.8. The largest absolute Gasteiger partial charge is 0.582 e. The maximum atomic E-state index is 12.6. The third-order valence-electron chi connectivity index (χ3n) is 6.31. The monoisotopic (exact) mass is 572 g/mol. The Kier molecular flexibility index (Phi) is 11.6. The Morgan fingerprint density at radius 3 is 1.49 bits per heavy atom. The van der Waals surface area contributed by atoms with Crippen LogP contribution >= 0.6 is 0 Å². The van der Waals surface area contributed by atoms with Crippen LogP contribution in [0.2, 0.25) is 0 Å². The smallest absolute Gasteiger partial charge is 0.490 e. The van der Waals surface area contributed by atoms with Gasteiger partial charge in [-0.3, -0.25) is 0 Å². The molecule has 0 aromatic heterocycles. The highest BCUT2D eigenvalue weighted by Crippen LogP contribution is 2.28. The van der Waals surface area contributed by atoms with Crippen molar-refractivity contribution in [2.24, 2.45) is 0 Å². The Hall–Kier alpha value is -3.84. The molecule has 12 nitrogen and oxygen atoms in total. The highest BCUT2D eigenvalue weighted by molar-refractivity contribution is 6.25. The Bertz CT molecular complexity index is 1040. The summed E-state index contributed by atoms with van der Waals surface area (Å²) in [5, 5.41) is 0. The third-order valence-corrected chi connectivity index (χ3v) is 6.31. The molecule has 0 aliphatic carbocycles. The summed E-state index contributed by atoms with van der Waals surface area (Å²) < 4.78 is 44.8. The van der Waals surface area contributed by atoms with E-state index in [-0.39, 0.29) is 38.5 Å². The number of rotatable bonds is 12. The molecular weight excluding hydrogens is 535 g/mol. The lowest BCUT2D eigenvalue weighted by atomic mass is 10.3. The van der Waals surface area contributed by atoms with Gasteiger partial charge in [-0.2, -0.15) is 0 Å². The maximum absolute atomic E-state index is 12.6. The van der Waals surface area contributed by atoms with Gasteiger partial charge in [0.2, 0.25) is 0 Å². The lowest BCUT2D eigenvalue weighted by molar-refractivity contribution is -0.0431. The van der Waals surface area contributed by atoms with Gasteiger partial charge in [0.25, 0.3) is 0 Å². The number of ether oxygens (including phenoxy) is 6. The van der Waals surface area contributed by atoms with Gasteiger partial charge in [-0.05, 0) is 38.1 Å². The Morgan fingerprint density at radius 1 is 0.707 bits per heavy atom. The molecule has 13 heteroatoms. The van der Waals surface area contributed by atoms with E-state index in [0.29, 0.717) is 62.5 Å². The van der Waals surface area contributed by atoms with Crippen LogP contribution in [0.4, 0.5) is 9.59 Å². The number of hydrogen-bond donors (Lipinski definition) is 0. The molecule has 2 fully saturated rings. The highest BCUT2D eigenvalue weighted by atomic mass is 16.6. The van der Waals surface area contributed by atoms with E-state index in [1.165, 1.54) is 9.80 Å². The summed E-state index contributed by atoms with van der Waals surface area (Å²) in [7, 11) is -0.502. The summed E-state index contributed by atoms with van der Waals surface area (Å²) in [5.41, 5.74) is 0. The number of carbonyl (C=O) groups is 2. The van der Waals surface area contributed by atoms with Gasteiger partial charge in [-0.15, -0.1) is 0 Å². The van der Waals surface area contributed by atoms with E-state index in [2.05, 4.69) is 0 Å². The van der Waals surface area contributed by atoms with Crippen LogP contribution < -0.4 is 18.9 Å². The van der Waals surface area contributed by atoms with Crippen LogP contribution in [0.1, 0.15) is 13.8 Å². The minimum Gasteiger partial charge on any atom is -0.490 e. The molecule has 0 radical (unpaired) electrons. The maximum Gasteiger partial charge on any atom is 0.582 e. The van der Waals surface area contributed by atoms with Gasteiger partial charge in [0.15, 0.2) is 23.0 Å². The van der Waals surface area contributed by atoms with Crippen LogP contribution in [0.25, 0.3) is 0 Å². The number of morpholine rings is 2. The normalized spacial score (nSPS) is 18.7. The van der Waals surface area contributed by atoms with Crippen molar-refractivity contribution in [3.63, 3.8) is 0 Å². The van der Waals surface area contributed by atoms with Crippen LogP contribution in [0.5, 0.6) is 23.0 Å². The first kappa shape index (κ1) is 30.1. The lowest BCUT2D eigenvalue weighted by Crippen LogP contribution is -2.49. The van der Waals surface area contributed by atoms with Gasteiger partial charge in [0.1, 0.15) is 25.4 Å². The molecule has 0 saturated carbocycles. The standard InChI is InChI=1S/C28H37BN2O10/c1-3-34-23-9-5-7-11-25(23)38-19-21-17-30(13-15-36-21)27(32)40-29-41-28(33)31-14-16-37-22(18-31)20-39-26-12-8-6-10-24(26)35-4-2/h5-12,21-22,29H,3-4,13-20H2,1-2H3. The van der Waals surface area contributed by atoms with Gasteiger partial charge in [-0.25, -0.2) is 9.59 Å². The molecule has 0 spiro atoms. The van der Waals surface area contributed by atoms with Crippen molar-refractivity contribution in [3.05, 3.63) is 48.5 Å². The Balaban J connectivity index is 1.16. The molecule has 2 saturated heterocycles. The minimum absolute atomic E-state index is 0.238.